The summed E-state index contributed by atoms with van der Waals surface area (Å²) in [4.78, 5) is 29.0. The maximum absolute atomic E-state index is 12.8. The first-order valence-electron chi connectivity index (χ1n) is 6.85. The maximum Gasteiger partial charge on any atom is 0.283 e. The number of benzene rings is 1. The lowest BCUT2D eigenvalue weighted by atomic mass is 10.1. The van der Waals surface area contributed by atoms with E-state index in [9.17, 15) is 14.9 Å². The van der Waals surface area contributed by atoms with Crippen LogP contribution >= 0.6 is 11.6 Å². The summed E-state index contributed by atoms with van der Waals surface area (Å²) in [6.45, 7) is 2.07. The molecule has 3 rings (SSSR count). The number of aromatic nitrogens is 1. The largest absolute Gasteiger partial charge is 0.471 e. The Kier molecular flexibility index (Phi) is 3.87. The van der Waals surface area contributed by atoms with E-state index in [1.54, 1.807) is 25.3 Å². The molecule has 0 N–H and O–H groups in total. The van der Waals surface area contributed by atoms with Crippen molar-refractivity contribution in [3.63, 3.8) is 0 Å². The van der Waals surface area contributed by atoms with Crippen molar-refractivity contribution < 1.29 is 14.5 Å². The van der Waals surface area contributed by atoms with E-state index in [4.69, 9.17) is 16.3 Å². The monoisotopic (exact) mass is 333 g/mol. The number of fused-ring (bicyclic) bond motifs is 1. The van der Waals surface area contributed by atoms with Crippen molar-refractivity contribution in [2.75, 3.05) is 11.4 Å². The van der Waals surface area contributed by atoms with Crippen LogP contribution in [0.2, 0.25) is 5.02 Å². The molecule has 0 bridgehead atoms. The number of carbonyl (C=O) groups excluding carboxylic acids is 1. The van der Waals surface area contributed by atoms with Crippen LogP contribution in [0.5, 0.6) is 5.88 Å². The Labute approximate surface area is 136 Å². The second kappa shape index (κ2) is 5.85. The van der Waals surface area contributed by atoms with Gasteiger partial charge in [0.25, 0.3) is 11.6 Å². The van der Waals surface area contributed by atoms with Crippen molar-refractivity contribution in [1.29, 1.82) is 0 Å². The van der Waals surface area contributed by atoms with Gasteiger partial charge in [0.15, 0.2) is 0 Å². The van der Waals surface area contributed by atoms with E-state index in [1.807, 2.05) is 0 Å². The zero-order valence-corrected chi connectivity index (χ0v) is 12.9. The topological polar surface area (TPSA) is 85.6 Å². The zero-order valence-electron chi connectivity index (χ0n) is 12.1. The molecule has 1 aliphatic rings. The zero-order chi connectivity index (χ0) is 16.6. The average molecular weight is 334 g/mol. The van der Waals surface area contributed by atoms with E-state index in [1.165, 1.54) is 23.1 Å². The molecule has 0 aliphatic carbocycles. The number of ether oxygens (including phenoxy) is 1. The van der Waals surface area contributed by atoms with Gasteiger partial charge >= 0.3 is 0 Å². The molecule has 1 atom stereocenters. The normalized spacial score (nSPS) is 16.4. The van der Waals surface area contributed by atoms with Gasteiger partial charge in [0.1, 0.15) is 17.4 Å². The van der Waals surface area contributed by atoms with Crippen molar-refractivity contribution in [3.8, 4) is 5.88 Å². The second-order valence-electron chi connectivity index (χ2n) is 5.09. The predicted octanol–water partition coefficient (Wildman–Crippen LogP) is 3.07. The molecule has 8 heteroatoms. The van der Waals surface area contributed by atoms with Crippen molar-refractivity contribution in [3.05, 3.63) is 57.2 Å². The summed E-state index contributed by atoms with van der Waals surface area (Å²) in [6.07, 6.45) is 1.29. The van der Waals surface area contributed by atoms with Gasteiger partial charge in [0.05, 0.1) is 11.5 Å². The SMILES string of the molecule is CC1CN(C(=O)c2ccc(Cl)cc2[N+](=O)[O-])c2cccnc2O1. The van der Waals surface area contributed by atoms with E-state index in [0.29, 0.717) is 11.6 Å². The van der Waals surface area contributed by atoms with Gasteiger partial charge in [-0.2, -0.15) is 0 Å². The number of anilines is 1. The van der Waals surface area contributed by atoms with Gasteiger partial charge in [-0.15, -0.1) is 0 Å². The first-order valence-corrected chi connectivity index (χ1v) is 7.22. The molecule has 0 saturated heterocycles. The Morgan fingerprint density at radius 3 is 3.00 bits per heavy atom. The first-order chi connectivity index (χ1) is 11.0. The summed E-state index contributed by atoms with van der Waals surface area (Å²) in [5.41, 5.74) is 0.134. The van der Waals surface area contributed by atoms with Gasteiger partial charge in [-0.1, -0.05) is 11.6 Å². The molecule has 1 aromatic carbocycles. The fraction of sp³-hybridized carbons (Fsp3) is 0.200. The molecule has 1 aromatic heterocycles. The van der Waals surface area contributed by atoms with Crippen LogP contribution in [0.1, 0.15) is 17.3 Å². The number of halogens is 1. The maximum atomic E-state index is 12.8. The molecule has 0 fully saturated rings. The molecule has 1 aliphatic heterocycles. The van der Waals surface area contributed by atoms with Crippen LogP contribution in [0.3, 0.4) is 0 Å². The second-order valence-corrected chi connectivity index (χ2v) is 5.53. The Morgan fingerprint density at radius 1 is 1.48 bits per heavy atom. The predicted molar refractivity (Wildman–Crippen MR) is 84.1 cm³/mol. The minimum absolute atomic E-state index is 0.0247. The number of nitro groups is 1. The number of rotatable bonds is 2. The number of carbonyl (C=O) groups is 1. The van der Waals surface area contributed by atoms with Crippen molar-refractivity contribution >= 4 is 28.9 Å². The number of pyridine rings is 1. The Bertz CT molecular complexity index is 796. The molecule has 7 nitrogen and oxygen atoms in total. The summed E-state index contributed by atoms with van der Waals surface area (Å²) in [6, 6.07) is 7.35. The Morgan fingerprint density at radius 2 is 2.26 bits per heavy atom. The van der Waals surface area contributed by atoms with Gasteiger partial charge in [0, 0.05) is 17.3 Å². The summed E-state index contributed by atoms with van der Waals surface area (Å²) >= 11 is 5.80. The lowest BCUT2D eigenvalue weighted by molar-refractivity contribution is -0.385. The molecule has 23 heavy (non-hydrogen) atoms. The fourth-order valence-corrected chi connectivity index (χ4v) is 2.60. The summed E-state index contributed by atoms with van der Waals surface area (Å²) in [7, 11) is 0. The van der Waals surface area contributed by atoms with Crippen LogP contribution in [0, 0.1) is 10.1 Å². The lowest BCUT2D eigenvalue weighted by Gasteiger charge is -2.32. The molecule has 1 unspecified atom stereocenters. The first kappa shape index (κ1) is 15.2. The van der Waals surface area contributed by atoms with Gasteiger partial charge in [-0.25, -0.2) is 4.98 Å². The smallest absolute Gasteiger partial charge is 0.283 e. The number of nitrogens with zero attached hydrogens (tertiary/aromatic N) is 3. The highest BCUT2D eigenvalue weighted by atomic mass is 35.5. The van der Waals surface area contributed by atoms with E-state index < -0.39 is 10.8 Å². The minimum atomic E-state index is -0.618. The van der Waals surface area contributed by atoms with Crippen LogP contribution in [0.4, 0.5) is 11.4 Å². The third kappa shape index (κ3) is 2.83. The molecule has 1 amide bonds. The van der Waals surface area contributed by atoms with Crippen LogP contribution in [0.25, 0.3) is 0 Å². The van der Waals surface area contributed by atoms with Crippen LogP contribution < -0.4 is 9.64 Å². The summed E-state index contributed by atoms with van der Waals surface area (Å²) < 4.78 is 5.58. The van der Waals surface area contributed by atoms with Crippen LogP contribution in [-0.4, -0.2) is 28.5 Å². The highest BCUT2D eigenvalue weighted by Crippen LogP contribution is 2.33. The van der Waals surface area contributed by atoms with E-state index in [-0.39, 0.29) is 28.9 Å². The number of hydrogen-bond donors (Lipinski definition) is 0. The standard InChI is InChI=1S/C15H12ClN3O4/c1-9-8-18(12-3-2-6-17-14(12)23-9)15(20)11-5-4-10(16)7-13(11)19(21)22/h2-7,9H,8H2,1H3. The fourth-order valence-electron chi connectivity index (χ4n) is 2.44. The highest BCUT2D eigenvalue weighted by Gasteiger charge is 2.32. The highest BCUT2D eigenvalue weighted by molar-refractivity contribution is 6.31. The van der Waals surface area contributed by atoms with Crippen LogP contribution in [0.15, 0.2) is 36.5 Å². The summed E-state index contributed by atoms with van der Waals surface area (Å²) in [5.74, 6) is -0.158. The third-order valence-corrected chi connectivity index (χ3v) is 3.66. The Balaban J connectivity index is 2.06. The van der Waals surface area contributed by atoms with E-state index in [0.717, 1.165) is 0 Å². The number of amides is 1. The number of nitro benzene ring substituents is 1. The van der Waals surface area contributed by atoms with Crippen molar-refractivity contribution in [2.24, 2.45) is 0 Å². The summed E-state index contributed by atoms with van der Waals surface area (Å²) in [5, 5.41) is 11.4. The van der Waals surface area contributed by atoms with Gasteiger partial charge in [0.2, 0.25) is 5.88 Å². The van der Waals surface area contributed by atoms with E-state index >= 15 is 0 Å². The van der Waals surface area contributed by atoms with Gasteiger partial charge in [-0.05, 0) is 31.2 Å². The molecular formula is C15H12ClN3O4. The number of hydrogen-bond acceptors (Lipinski definition) is 5. The molecule has 118 valence electrons. The molecule has 0 radical (unpaired) electrons. The van der Waals surface area contributed by atoms with Crippen molar-refractivity contribution in [1.82, 2.24) is 4.98 Å². The molecule has 0 spiro atoms. The molecular weight excluding hydrogens is 322 g/mol. The van der Waals surface area contributed by atoms with Crippen molar-refractivity contribution in [2.45, 2.75) is 13.0 Å². The third-order valence-electron chi connectivity index (χ3n) is 3.43. The molecule has 2 heterocycles. The van der Waals surface area contributed by atoms with E-state index in [2.05, 4.69) is 4.98 Å². The lowest BCUT2D eigenvalue weighted by Crippen LogP contribution is -2.42. The van der Waals surface area contributed by atoms with Crippen LogP contribution in [-0.2, 0) is 0 Å². The molecule has 2 aromatic rings. The average Bonchev–Trinajstić information content (AvgIpc) is 2.53. The Hall–Kier alpha value is -2.67. The van der Waals surface area contributed by atoms with Gasteiger partial charge in [-0.3, -0.25) is 19.8 Å². The molecule has 0 saturated carbocycles. The van der Waals surface area contributed by atoms with Gasteiger partial charge < -0.3 is 4.74 Å². The quantitative estimate of drug-likeness (QED) is 0.622. The minimum Gasteiger partial charge on any atom is -0.471 e.